The van der Waals surface area contributed by atoms with Crippen LogP contribution >= 0.6 is 15.9 Å². The van der Waals surface area contributed by atoms with Crippen LogP contribution < -0.4 is 0 Å². The largest absolute Gasteiger partial charge is 0.302 e. The van der Waals surface area contributed by atoms with E-state index in [1.165, 1.54) is 0 Å². The molecule has 3 rings (SSSR count). The minimum Gasteiger partial charge on any atom is -0.302 e. The van der Waals surface area contributed by atoms with Crippen LogP contribution in [0.15, 0.2) is 22.7 Å². The Morgan fingerprint density at radius 1 is 1.44 bits per heavy atom. The fourth-order valence-electron chi connectivity index (χ4n) is 2.48. The molecule has 0 radical (unpaired) electrons. The van der Waals surface area contributed by atoms with Gasteiger partial charge in [-0.15, -0.1) is 0 Å². The second-order valence-corrected chi connectivity index (χ2v) is 5.59. The van der Waals surface area contributed by atoms with Crippen LogP contribution in [0.3, 0.4) is 0 Å². The molecule has 1 aromatic heterocycles. The van der Waals surface area contributed by atoms with Crippen molar-refractivity contribution in [2.24, 2.45) is 0 Å². The van der Waals surface area contributed by atoms with Crippen molar-refractivity contribution in [2.75, 3.05) is 13.6 Å². The minimum absolute atomic E-state index is 0.780. The van der Waals surface area contributed by atoms with Gasteiger partial charge in [0, 0.05) is 40.6 Å². The number of aromatic nitrogens is 1. The van der Waals surface area contributed by atoms with E-state index in [9.17, 15) is 5.26 Å². The maximum Gasteiger partial charge on any atom is 0.100 e. The number of fused-ring (bicyclic) bond motifs is 2. The summed E-state index contributed by atoms with van der Waals surface area (Å²) < 4.78 is 0.984. The predicted molar refractivity (Wildman–Crippen MR) is 74.2 cm³/mol. The molecule has 1 aromatic carbocycles. The van der Waals surface area contributed by atoms with E-state index in [-0.39, 0.29) is 0 Å². The molecule has 0 spiro atoms. The van der Waals surface area contributed by atoms with E-state index in [1.54, 1.807) is 0 Å². The van der Waals surface area contributed by atoms with E-state index in [4.69, 9.17) is 4.98 Å². The Labute approximate surface area is 114 Å². The number of benzene rings is 1. The van der Waals surface area contributed by atoms with E-state index >= 15 is 0 Å². The summed E-state index contributed by atoms with van der Waals surface area (Å²) >= 11 is 3.46. The molecule has 0 atom stereocenters. The molecule has 2 aromatic rings. The van der Waals surface area contributed by atoms with Crippen molar-refractivity contribution in [3.8, 4) is 6.07 Å². The van der Waals surface area contributed by atoms with Gasteiger partial charge >= 0.3 is 0 Å². The Morgan fingerprint density at radius 2 is 2.28 bits per heavy atom. The van der Waals surface area contributed by atoms with E-state index in [2.05, 4.69) is 33.9 Å². The zero-order valence-electron chi connectivity index (χ0n) is 10.1. The molecule has 0 fully saturated rings. The lowest BCUT2D eigenvalue weighted by atomic mass is 9.97. The van der Waals surface area contributed by atoms with Crippen molar-refractivity contribution in [1.82, 2.24) is 9.88 Å². The van der Waals surface area contributed by atoms with Gasteiger partial charge in [-0.3, -0.25) is 4.98 Å². The third-order valence-electron chi connectivity index (χ3n) is 3.40. The van der Waals surface area contributed by atoms with Gasteiger partial charge in [-0.25, -0.2) is 0 Å². The SMILES string of the molecule is CN1CCc2nc3ccc(Br)cc3c(C#N)c2C1. The molecule has 0 amide bonds. The highest BCUT2D eigenvalue weighted by Crippen LogP contribution is 2.28. The molecule has 2 heterocycles. The molecular weight excluding hydrogens is 290 g/mol. The van der Waals surface area contributed by atoms with E-state index in [1.807, 2.05) is 18.2 Å². The van der Waals surface area contributed by atoms with Gasteiger partial charge in [-0.1, -0.05) is 15.9 Å². The number of likely N-dealkylation sites (N-methyl/N-ethyl adjacent to an activating group) is 1. The van der Waals surface area contributed by atoms with Gasteiger partial charge < -0.3 is 4.90 Å². The lowest BCUT2D eigenvalue weighted by Gasteiger charge is -2.25. The van der Waals surface area contributed by atoms with Gasteiger partial charge in [0.1, 0.15) is 6.07 Å². The molecule has 0 saturated carbocycles. The number of pyridine rings is 1. The van der Waals surface area contributed by atoms with Crippen molar-refractivity contribution in [2.45, 2.75) is 13.0 Å². The van der Waals surface area contributed by atoms with Crippen LogP contribution in [0.2, 0.25) is 0 Å². The zero-order chi connectivity index (χ0) is 12.7. The molecule has 0 N–H and O–H groups in total. The fraction of sp³-hybridized carbons (Fsp3) is 0.286. The standard InChI is InChI=1S/C14H12BrN3/c1-18-5-4-14-12(8-18)11(7-16)10-6-9(15)2-3-13(10)17-14/h2-3,6H,4-5,8H2,1H3. The number of hydrogen-bond acceptors (Lipinski definition) is 3. The van der Waals surface area contributed by atoms with Crippen LogP contribution in [-0.4, -0.2) is 23.5 Å². The molecule has 0 bridgehead atoms. The summed E-state index contributed by atoms with van der Waals surface area (Å²) in [5.74, 6) is 0. The maximum absolute atomic E-state index is 9.46. The summed E-state index contributed by atoms with van der Waals surface area (Å²) in [5.41, 5.74) is 3.87. The molecule has 0 unspecified atom stereocenters. The quantitative estimate of drug-likeness (QED) is 0.751. The smallest absolute Gasteiger partial charge is 0.100 e. The molecular formula is C14H12BrN3. The second-order valence-electron chi connectivity index (χ2n) is 4.67. The van der Waals surface area contributed by atoms with Gasteiger partial charge in [0.15, 0.2) is 0 Å². The van der Waals surface area contributed by atoms with Crippen molar-refractivity contribution in [3.05, 3.63) is 39.5 Å². The highest BCUT2D eigenvalue weighted by atomic mass is 79.9. The normalized spacial score (nSPS) is 15.4. The van der Waals surface area contributed by atoms with E-state index in [0.29, 0.717) is 0 Å². The van der Waals surface area contributed by atoms with Crippen LogP contribution in [0, 0.1) is 11.3 Å². The first kappa shape index (κ1) is 11.6. The lowest BCUT2D eigenvalue weighted by molar-refractivity contribution is 0.310. The molecule has 3 nitrogen and oxygen atoms in total. The minimum atomic E-state index is 0.780. The Morgan fingerprint density at radius 3 is 3.06 bits per heavy atom. The van der Waals surface area contributed by atoms with Crippen LogP contribution in [0.25, 0.3) is 10.9 Å². The number of rotatable bonds is 0. The highest BCUT2D eigenvalue weighted by Gasteiger charge is 2.20. The number of halogens is 1. The molecule has 4 heteroatoms. The summed E-state index contributed by atoms with van der Waals surface area (Å²) in [5, 5.41) is 10.4. The van der Waals surface area contributed by atoms with Crippen LogP contribution in [-0.2, 0) is 13.0 Å². The third-order valence-corrected chi connectivity index (χ3v) is 3.90. The van der Waals surface area contributed by atoms with Gasteiger partial charge in [-0.2, -0.15) is 5.26 Å². The van der Waals surface area contributed by atoms with Gasteiger partial charge in [0.25, 0.3) is 0 Å². The predicted octanol–water partition coefficient (Wildman–Crippen LogP) is 2.86. The van der Waals surface area contributed by atoms with Crippen molar-refractivity contribution < 1.29 is 0 Å². The van der Waals surface area contributed by atoms with E-state index < -0.39 is 0 Å². The summed E-state index contributed by atoms with van der Waals surface area (Å²) in [4.78, 5) is 6.93. The average Bonchev–Trinajstić information content (AvgIpc) is 2.36. The Bertz CT molecular complexity index is 673. The number of hydrogen-bond donors (Lipinski definition) is 0. The number of nitrogens with zero attached hydrogens (tertiary/aromatic N) is 3. The summed E-state index contributed by atoms with van der Waals surface area (Å²) in [6.45, 7) is 1.82. The first-order chi connectivity index (χ1) is 8.69. The van der Waals surface area contributed by atoms with Crippen LogP contribution in [0.1, 0.15) is 16.8 Å². The first-order valence-corrected chi connectivity index (χ1v) is 6.68. The Hall–Kier alpha value is -1.44. The fourth-order valence-corrected chi connectivity index (χ4v) is 2.84. The second kappa shape index (κ2) is 4.34. The van der Waals surface area contributed by atoms with Gasteiger partial charge in [0.2, 0.25) is 0 Å². The number of nitriles is 1. The Kier molecular flexibility index (Phi) is 2.81. The molecule has 18 heavy (non-hydrogen) atoms. The molecule has 1 aliphatic heterocycles. The zero-order valence-corrected chi connectivity index (χ0v) is 11.7. The molecule has 90 valence electrons. The highest BCUT2D eigenvalue weighted by molar-refractivity contribution is 9.10. The summed E-state index contributed by atoms with van der Waals surface area (Å²) in [6, 6.07) is 8.28. The van der Waals surface area contributed by atoms with Crippen LogP contribution in [0.4, 0.5) is 0 Å². The van der Waals surface area contributed by atoms with Gasteiger partial charge in [-0.05, 0) is 25.2 Å². The monoisotopic (exact) mass is 301 g/mol. The third kappa shape index (κ3) is 1.80. The molecule has 0 aliphatic carbocycles. The topological polar surface area (TPSA) is 39.9 Å². The summed E-state index contributed by atoms with van der Waals surface area (Å²) in [7, 11) is 2.08. The van der Waals surface area contributed by atoms with Crippen molar-refractivity contribution in [3.63, 3.8) is 0 Å². The Balaban J connectivity index is 2.35. The first-order valence-electron chi connectivity index (χ1n) is 5.88. The maximum atomic E-state index is 9.46. The van der Waals surface area contributed by atoms with Crippen molar-refractivity contribution >= 4 is 26.8 Å². The average molecular weight is 302 g/mol. The van der Waals surface area contributed by atoms with E-state index in [0.717, 1.165) is 51.7 Å². The molecule has 0 saturated heterocycles. The molecule has 1 aliphatic rings. The van der Waals surface area contributed by atoms with Crippen LogP contribution in [0.5, 0.6) is 0 Å². The van der Waals surface area contributed by atoms with Gasteiger partial charge in [0.05, 0.1) is 11.1 Å². The lowest BCUT2D eigenvalue weighted by Crippen LogP contribution is -2.28. The summed E-state index contributed by atoms with van der Waals surface area (Å²) in [6.07, 6.45) is 0.923. The van der Waals surface area contributed by atoms with Crippen molar-refractivity contribution in [1.29, 1.82) is 5.26 Å².